The topological polar surface area (TPSA) is 150 Å². The second-order valence-electron chi connectivity index (χ2n) is 10.7. The number of nitrogens with zero attached hydrogens (tertiary/aromatic N) is 4. The number of fused-ring (bicyclic) bond motifs is 1. The highest BCUT2D eigenvalue weighted by Crippen LogP contribution is 2.34. The van der Waals surface area contributed by atoms with E-state index >= 15 is 0 Å². The molecule has 0 aliphatic carbocycles. The number of phenols is 1. The van der Waals surface area contributed by atoms with Crippen LogP contribution in [0, 0.1) is 0 Å². The predicted octanol–water partition coefficient (Wildman–Crippen LogP) is 5.72. The van der Waals surface area contributed by atoms with Gasteiger partial charge in [-0.25, -0.2) is 9.59 Å². The number of carbonyl (C=O) groups excluding carboxylic acids is 4. The second kappa shape index (κ2) is 18.0. The number of benzene rings is 2. The Balaban J connectivity index is 1.41. The number of carbonyl (C=O) groups is 4. The van der Waals surface area contributed by atoms with Crippen LogP contribution in [-0.4, -0.2) is 89.0 Å². The molecule has 1 atom stereocenters. The number of hydrogen-bond donors (Lipinski definition) is 2. The predicted molar refractivity (Wildman–Crippen MR) is 185 cm³/mol. The van der Waals surface area contributed by atoms with Gasteiger partial charge in [-0.1, -0.05) is 23.9 Å². The molecule has 2 heterocycles. The van der Waals surface area contributed by atoms with E-state index in [4.69, 9.17) is 9.47 Å². The molecule has 2 aromatic carbocycles. The molecule has 1 saturated heterocycles. The minimum Gasteiger partial charge on any atom is -0.506 e. The van der Waals surface area contributed by atoms with Gasteiger partial charge in [0.15, 0.2) is 6.10 Å². The summed E-state index contributed by atoms with van der Waals surface area (Å²) in [7, 11) is 0. The number of phenolic OH excluding ortho intramolecular Hbond substituents is 1. The smallest absolute Gasteiger partial charge is 0.410 e. The van der Waals surface area contributed by atoms with E-state index in [2.05, 4.69) is 70.4 Å². The summed E-state index contributed by atoms with van der Waals surface area (Å²) in [5, 5.41) is 13.1. The zero-order valence-corrected chi connectivity index (χ0v) is 29.3. The molecule has 4 rings (SSSR count). The Hall–Kier alpha value is -4.66. The van der Waals surface area contributed by atoms with E-state index in [-0.39, 0.29) is 37.3 Å². The summed E-state index contributed by atoms with van der Waals surface area (Å²) < 4.78 is 11.3. The Bertz CT molecular complexity index is 1720. The van der Waals surface area contributed by atoms with Crippen molar-refractivity contribution in [2.24, 2.45) is 9.98 Å². The first-order valence-corrected chi connectivity index (χ1v) is 16.8. The number of likely N-dealkylation sites (tertiary alicyclic amines) is 1. The highest BCUT2D eigenvalue weighted by molar-refractivity contribution is 9.11. The summed E-state index contributed by atoms with van der Waals surface area (Å²) in [4.78, 5) is 61.5. The fraction of sp³-hybridized carbons (Fsp3) is 0.353. The highest BCUT2D eigenvalue weighted by atomic mass is 79.9. The largest absolute Gasteiger partial charge is 0.506 e. The molecule has 0 saturated carbocycles. The normalized spacial score (nSPS) is 14.7. The molecular formula is C34H33Br2N5O7. The third-order valence-corrected chi connectivity index (χ3v) is 8.70. The highest BCUT2D eigenvalue weighted by Gasteiger charge is 2.33. The van der Waals surface area contributed by atoms with Gasteiger partial charge in [0.25, 0.3) is 5.91 Å². The standard InChI is InChI=1S/C34H33Br2N5O7/c1-2-47-30(42)10-5-6-14-37-15-7-16-38-32(44)29(22-23-20-26(35)31(43)27(36)21-23)48-34(46)40-17-12-25(13-18-40)41-19-11-24-8-3-4-9-28(24)39-33(41)45/h3-5,8-9,15,20-21,25,29,43H,2,10-13,17-19,22H2,1H3,(H,39,45)/t29-/m1/s1. The van der Waals surface area contributed by atoms with Crippen LogP contribution in [0.25, 0.3) is 0 Å². The number of halogens is 2. The molecule has 0 unspecified atom stereocenters. The lowest BCUT2D eigenvalue weighted by molar-refractivity contribution is -0.142. The first kappa shape index (κ1) is 36.2. The van der Waals surface area contributed by atoms with Crippen molar-refractivity contribution >= 4 is 73.3 Å². The lowest BCUT2D eigenvalue weighted by atomic mass is 10.0. The number of piperidine rings is 1. The average Bonchev–Trinajstić information content (AvgIpc) is 3.24. The lowest BCUT2D eigenvalue weighted by Crippen LogP contribution is -2.50. The van der Waals surface area contributed by atoms with Crippen LogP contribution in [0.1, 0.15) is 37.3 Å². The van der Waals surface area contributed by atoms with Gasteiger partial charge >= 0.3 is 18.1 Å². The van der Waals surface area contributed by atoms with E-state index in [0.29, 0.717) is 47.0 Å². The Labute approximate surface area is 294 Å². The average molecular weight is 783 g/mol. The molecule has 0 bridgehead atoms. The summed E-state index contributed by atoms with van der Waals surface area (Å²) >= 11 is 6.56. The number of anilines is 1. The first-order chi connectivity index (χ1) is 23.2. The fourth-order valence-corrected chi connectivity index (χ4v) is 6.40. The van der Waals surface area contributed by atoms with Crippen molar-refractivity contribution < 1.29 is 33.8 Å². The van der Waals surface area contributed by atoms with Gasteiger partial charge in [-0.2, -0.15) is 9.98 Å². The number of hydrogen-bond acceptors (Lipinski definition) is 8. The number of para-hydroxylation sites is 1. The van der Waals surface area contributed by atoms with Crippen molar-refractivity contribution in [2.75, 3.05) is 31.6 Å². The molecule has 48 heavy (non-hydrogen) atoms. The van der Waals surface area contributed by atoms with Gasteiger partial charge in [-0.3, -0.25) is 9.59 Å². The Kier molecular flexibility index (Phi) is 13.6. The van der Waals surface area contributed by atoms with Crippen LogP contribution in [0.15, 0.2) is 79.1 Å². The maximum atomic E-state index is 13.3. The maximum absolute atomic E-state index is 13.3. The Morgan fingerprint density at radius 2 is 1.83 bits per heavy atom. The number of amides is 4. The number of ether oxygens (including phenoxy) is 2. The van der Waals surface area contributed by atoms with Crippen molar-refractivity contribution in [3.8, 4) is 5.75 Å². The third-order valence-electron chi connectivity index (χ3n) is 7.49. The number of urea groups is 1. The van der Waals surface area contributed by atoms with E-state index in [9.17, 15) is 24.3 Å². The molecule has 250 valence electrons. The zero-order chi connectivity index (χ0) is 34.5. The molecule has 2 N–H and O–H groups in total. The van der Waals surface area contributed by atoms with Gasteiger partial charge in [0.1, 0.15) is 5.75 Å². The summed E-state index contributed by atoms with van der Waals surface area (Å²) in [5.41, 5.74) is 7.52. The van der Waals surface area contributed by atoms with E-state index < -0.39 is 24.1 Å². The van der Waals surface area contributed by atoms with Crippen LogP contribution in [0.5, 0.6) is 5.75 Å². The minimum absolute atomic E-state index is 0.0140. The van der Waals surface area contributed by atoms with Crippen LogP contribution in [0.3, 0.4) is 0 Å². The number of nitrogens with one attached hydrogen (secondary N) is 1. The van der Waals surface area contributed by atoms with Gasteiger partial charge in [0.05, 0.1) is 28.2 Å². The van der Waals surface area contributed by atoms with Crippen molar-refractivity contribution in [1.29, 1.82) is 0 Å². The molecule has 2 aliphatic rings. The van der Waals surface area contributed by atoms with E-state index in [1.54, 1.807) is 19.1 Å². The molecule has 2 aliphatic heterocycles. The molecule has 0 radical (unpaired) electrons. The van der Waals surface area contributed by atoms with E-state index in [1.807, 2.05) is 29.2 Å². The monoisotopic (exact) mass is 781 g/mol. The van der Waals surface area contributed by atoms with Crippen LogP contribution in [0.2, 0.25) is 0 Å². The molecule has 0 spiro atoms. The van der Waals surface area contributed by atoms with E-state index in [0.717, 1.165) is 23.9 Å². The molecular weight excluding hydrogens is 750 g/mol. The summed E-state index contributed by atoms with van der Waals surface area (Å²) in [6.45, 7) is 3.24. The Morgan fingerprint density at radius 1 is 1.10 bits per heavy atom. The van der Waals surface area contributed by atoms with E-state index in [1.165, 1.54) is 11.0 Å². The number of esters is 1. The molecule has 12 nitrogen and oxygen atoms in total. The SMILES string of the molecule is CCOC(=O)CC=C=C=NC=C=C=NC(=O)[C@@H](Cc1cc(Br)c(O)c(Br)c1)OC(=O)N1CCC(N2CCc3ccccc3NC2=O)CC1. The van der Waals surface area contributed by atoms with Crippen molar-refractivity contribution in [3.05, 3.63) is 80.2 Å². The third kappa shape index (κ3) is 10.4. The molecule has 2 aromatic rings. The second-order valence-corrected chi connectivity index (χ2v) is 12.4. The maximum Gasteiger partial charge on any atom is 0.410 e. The van der Waals surface area contributed by atoms with Gasteiger partial charge in [-0.15, -0.1) is 0 Å². The van der Waals surface area contributed by atoms with Crippen molar-refractivity contribution in [1.82, 2.24) is 9.80 Å². The molecule has 1 fully saturated rings. The Morgan fingerprint density at radius 3 is 2.56 bits per heavy atom. The van der Waals surface area contributed by atoms with Gasteiger partial charge in [0.2, 0.25) is 0 Å². The lowest BCUT2D eigenvalue weighted by Gasteiger charge is -2.37. The zero-order valence-electron chi connectivity index (χ0n) is 26.1. The molecule has 0 aromatic heterocycles. The van der Waals surface area contributed by atoms with Crippen LogP contribution in [-0.2, 0) is 31.9 Å². The van der Waals surface area contributed by atoms with Gasteiger partial charge in [-0.05, 0) is 99.2 Å². The van der Waals surface area contributed by atoms with Crippen molar-refractivity contribution in [2.45, 2.75) is 51.2 Å². The number of aromatic hydroxyl groups is 1. The quantitative estimate of drug-likeness (QED) is 0.188. The van der Waals surface area contributed by atoms with Crippen molar-refractivity contribution in [3.63, 3.8) is 0 Å². The number of rotatable bonds is 9. The molecule has 14 heteroatoms. The summed E-state index contributed by atoms with van der Waals surface area (Å²) in [6.07, 6.45) is 2.38. The first-order valence-electron chi connectivity index (χ1n) is 15.2. The van der Waals surface area contributed by atoms with Crippen LogP contribution < -0.4 is 5.32 Å². The number of aliphatic imine (C=N–C) groups is 2. The minimum atomic E-state index is -1.31. The summed E-state index contributed by atoms with van der Waals surface area (Å²) in [5.74, 6) is 3.58. The molecule has 4 amide bonds. The van der Waals surface area contributed by atoms with Crippen LogP contribution in [0.4, 0.5) is 15.3 Å². The summed E-state index contributed by atoms with van der Waals surface area (Å²) in [6, 6.07) is 10.7. The van der Waals surface area contributed by atoms with Gasteiger partial charge < -0.3 is 29.7 Å². The van der Waals surface area contributed by atoms with Crippen LogP contribution >= 0.6 is 31.9 Å². The fourth-order valence-electron chi connectivity index (χ4n) is 5.11. The van der Waals surface area contributed by atoms with Gasteiger partial charge in [0, 0.05) is 49.5 Å².